The van der Waals surface area contributed by atoms with E-state index in [1.54, 1.807) is 0 Å². The predicted octanol–water partition coefficient (Wildman–Crippen LogP) is 4.86. The Kier molecular flexibility index (Phi) is 6.63. The van der Waals surface area contributed by atoms with Crippen molar-refractivity contribution >= 4 is 34.1 Å². The van der Waals surface area contributed by atoms with Gasteiger partial charge < -0.3 is 9.47 Å². The molecule has 1 heterocycles. The second-order valence-electron chi connectivity index (χ2n) is 7.46. The van der Waals surface area contributed by atoms with E-state index in [1.165, 1.54) is 55.2 Å². The van der Waals surface area contributed by atoms with E-state index in [-0.39, 0.29) is 34.0 Å². The molecule has 3 aromatic carbocycles. The van der Waals surface area contributed by atoms with Gasteiger partial charge >= 0.3 is 5.69 Å². The van der Waals surface area contributed by atoms with E-state index >= 15 is 0 Å². The van der Waals surface area contributed by atoms with Crippen LogP contribution in [0, 0.1) is 11.6 Å². The summed E-state index contributed by atoms with van der Waals surface area (Å²) >= 11 is 12.3. The van der Waals surface area contributed by atoms with Crippen LogP contribution in [0.4, 0.5) is 8.78 Å². The fourth-order valence-electron chi connectivity index (χ4n) is 3.68. The van der Waals surface area contributed by atoms with Crippen molar-refractivity contribution in [3.05, 3.63) is 102 Å². The number of fused-ring (bicyclic) bond motifs is 1. The summed E-state index contributed by atoms with van der Waals surface area (Å²) in [5, 5.41) is 0.375. The van der Waals surface area contributed by atoms with Gasteiger partial charge in [-0.15, -0.1) is 0 Å². The van der Waals surface area contributed by atoms with Crippen LogP contribution in [-0.4, -0.2) is 23.4 Å². The van der Waals surface area contributed by atoms with Crippen LogP contribution in [0.25, 0.3) is 10.9 Å². The van der Waals surface area contributed by atoms with E-state index in [9.17, 15) is 18.4 Å². The fraction of sp³-hybridized carbons (Fsp3) is 0.167. The van der Waals surface area contributed by atoms with Gasteiger partial charge in [0.25, 0.3) is 5.56 Å². The minimum Gasteiger partial charge on any atom is -0.493 e. The molecule has 0 aliphatic heterocycles. The molecule has 34 heavy (non-hydrogen) atoms. The Bertz CT molecular complexity index is 1530. The number of methoxy groups -OCH3 is 2. The molecule has 1 aromatic heterocycles. The summed E-state index contributed by atoms with van der Waals surface area (Å²) < 4.78 is 40.0. The Morgan fingerprint density at radius 2 is 1.26 bits per heavy atom. The molecule has 0 atom stereocenters. The normalized spacial score (nSPS) is 11.1. The van der Waals surface area contributed by atoms with Gasteiger partial charge in [0.2, 0.25) is 0 Å². The van der Waals surface area contributed by atoms with Crippen molar-refractivity contribution in [3.63, 3.8) is 0 Å². The number of benzene rings is 3. The third kappa shape index (κ3) is 4.38. The number of hydrogen-bond donors (Lipinski definition) is 0. The first kappa shape index (κ1) is 23.8. The lowest BCUT2D eigenvalue weighted by Crippen LogP contribution is -2.40. The van der Waals surface area contributed by atoms with Crippen molar-refractivity contribution in [1.29, 1.82) is 0 Å². The SMILES string of the molecule is COc1cc2c(=O)n(Cc3ccc(F)cc3Cl)c(=O)n(Cc3ccc(F)cc3Cl)c2cc1OC. The Balaban J connectivity index is 2.00. The summed E-state index contributed by atoms with van der Waals surface area (Å²) in [6.45, 7) is -0.250. The molecule has 6 nitrogen and oxygen atoms in total. The van der Waals surface area contributed by atoms with Crippen molar-refractivity contribution in [3.8, 4) is 11.5 Å². The van der Waals surface area contributed by atoms with Crippen LogP contribution in [0.3, 0.4) is 0 Å². The number of halogens is 4. The molecule has 0 radical (unpaired) electrons. The number of nitrogens with zero attached hydrogens (tertiary/aromatic N) is 2. The minimum absolute atomic E-state index is 0.0542. The molecular weight excluding hydrogens is 489 g/mol. The first-order valence-corrected chi connectivity index (χ1v) is 10.8. The van der Waals surface area contributed by atoms with Crippen LogP contribution in [-0.2, 0) is 13.1 Å². The van der Waals surface area contributed by atoms with Crippen LogP contribution < -0.4 is 20.7 Å². The van der Waals surface area contributed by atoms with E-state index in [1.807, 2.05) is 0 Å². The van der Waals surface area contributed by atoms with Gasteiger partial charge in [-0.3, -0.25) is 13.9 Å². The largest absolute Gasteiger partial charge is 0.493 e. The highest BCUT2D eigenvalue weighted by atomic mass is 35.5. The van der Waals surface area contributed by atoms with E-state index < -0.39 is 22.9 Å². The first-order chi connectivity index (χ1) is 16.2. The average Bonchev–Trinajstić information content (AvgIpc) is 2.81. The molecule has 0 fully saturated rings. The number of hydrogen-bond acceptors (Lipinski definition) is 4. The van der Waals surface area contributed by atoms with Gasteiger partial charge in [0.1, 0.15) is 11.6 Å². The van der Waals surface area contributed by atoms with Crippen LogP contribution >= 0.6 is 23.2 Å². The summed E-state index contributed by atoms with van der Waals surface area (Å²) in [5.41, 5.74) is -0.137. The van der Waals surface area contributed by atoms with Crippen molar-refractivity contribution in [2.45, 2.75) is 13.1 Å². The lowest BCUT2D eigenvalue weighted by Gasteiger charge is -2.17. The van der Waals surface area contributed by atoms with Crippen molar-refractivity contribution < 1.29 is 18.3 Å². The van der Waals surface area contributed by atoms with Gasteiger partial charge in [-0.2, -0.15) is 0 Å². The van der Waals surface area contributed by atoms with Crippen LogP contribution in [0.5, 0.6) is 11.5 Å². The van der Waals surface area contributed by atoms with E-state index in [4.69, 9.17) is 32.7 Å². The third-order valence-electron chi connectivity index (χ3n) is 5.42. The molecule has 176 valence electrons. The second-order valence-corrected chi connectivity index (χ2v) is 8.27. The third-order valence-corrected chi connectivity index (χ3v) is 6.12. The molecule has 0 aliphatic rings. The number of rotatable bonds is 6. The molecule has 0 saturated heterocycles. The molecule has 4 aromatic rings. The summed E-state index contributed by atoms with van der Waals surface area (Å²) in [5.74, 6) is -0.455. The lowest BCUT2D eigenvalue weighted by molar-refractivity contribution is 0.355. The van der Waals surface area contributed by atoms with E-state index in [0.29, 0.717) is 22.6 Å². The number of ether oxygens (including phenoxy) is 2. The van der Waals surface area contributed by atoms with Gasteiger partial charge in [-0.25, -0.2) is 13.6 Å². The van der Waals surface area contributed by atoms with E-state index in [0.717, 1.165) is 16.7 Å². The van der Waals surface area contributed by atoms with E-state index in [2.05, 4.69) is 0 Å². The molecule has 0 aliphatic carbocycles. The molecular formula is C24H18Cl2F2N2O4. The van der Waals surface area contributed by atoms with Crippen molar-refractivity contribution in [2.24, 2.45) is 0 Å². The molecule has 4 rings (SSSR count). The van der Waals surface area contributed by atoms with Crippen LogP contribution in [0.1, 0.15) is 11.1 Å². The Labute approximate surface area is 202 Å². The molecule has 0 spiro atoms. The summed E-state index contributed by atoms with van der Waals surface area (Å²) in [7, 11) is 2.86. The quantitative estimate of drug-likeness (QED) is 0.374. The summed E-state index contributed by atoms with van der Waals surface area (Å²) in [6, 6.07) is 10.5. The standard InChI is InChI=1S/C24H18Cl2F2N2O4/c1-33-21-9-17-20(10-22(21)34-2)29(11-13-3-5-15(27)7-18(13)25)24(32)30(23(17)31)12-14-4-6-16(28)8-19(14)26/h3-10H,11-12H2,1-2H3. The van der Waals surface area contributed by atoms with Gasteiger partial charge in [0.05, 0.1) is 38.2 Å². The Morgan fingerprint density at radius 1 is 0.765 bits per heavy atom. The zero-order chi connectivity index (χ0) is 24.6. The van der Waals surface area contributed by atoms with Crippen LogP contribution in [0.2, 0.25) is 10.0 Å². The summed E-state index contributed by atoms with van der Waals surface area (Å²) in [6.07, 6.45) is 0. The minimum atomic E-state index is -0.662. The van der Waals surface area contributed by atoms with Gasteiger partial charge in [-0.05, 0) is 41.5 Å². The van der Waals surface area contributed by atoms with Crippen molar-refractivity contribution in [1.82, 2.24) is 9.13 Å². The molecule has 0 N–H and O–H groups in total. The summed E-state index contributed by atoms with van der Waals surface area (Å²) in [4.78, 5) is 26.9. The number of aromatic nitrogens is 2. The molecule has 0 unspecified atom stereocenters. The van der Waals surface area contributed by atoms with Gasteiger partial charge in [-0.1, -0.05) is 35.3 Å². The Morgan fingerprint density at radius 3 is 1.76 bits per heavy atom. The second kappa shape index (κ2) is 9.48. The maximum Gasteiger partial charge on any atom is 0.332 e. The maximum absolute atomic E-state index is 13.6. The average molecular weight is 507 g/mol. The zero-order valence-corrected chi connectivity index (χ0v) is 19.6. The topological polar surface area (TPSA) is 62.5 Å². The first-order valence-electron chi connectivity index (χ1n) is 10.0. The molecule has 10 heteroatoms. The highest BCUT2D eigenvalue weighted by Crippen LogP contribution is 2.31. The smallest absolute Gasteiger partial charge is 0.332 e. The predicted molar refractivity (Wildman–Crippen MR) is 127 cm³/mol. The maximum atomic E-state index is 13.6. The van der Waals surface area contributed by atoms with Gasteiger partial charge in [0.15, 0.2) is 11.5 Å². The highest BCUT2D eigenvalue weighted by molar-refractivity contribution is 6.31. The molecule has 0 bridgehead atoms. The van der Waals surface area contributed by atoms with Crippen molar-refractivity contribution in [2.75, 3.05) is 14.2 Å². The Hall–Kier alpha value is -3.36. The fourth-order valence-corrected chi connectivity index (χ4v) is 4.13. The zero-order valence-electron chi connectivity index (χ0n) is 18.1. The molecule has 0 amide bonds. The lowest BCUT2D eigenvalue weighted by atomic mass is 10.1. The van der Waals surface area contributed by atoms with Gasteiger partial charge in [0, 0.05) is 16.1 Å². The highest BCUT2D eigenvalue weighted by Gasteiger charge is 2.19. The molecule has 0 saturated carbocycles. The van der Waals surface area contributed by atoms with Crippen LogP contribution in [0.15, 0.2) is 58.1 Å². The monoisotopic (exact) mass is 506 g/mol.